The number of aromatic nitrogens is 2. The van der Waals surface area contributed by atoms with Gasteiger partial charge in [-0.15, -0.1) is 0 Å². The fourth-order valence-electron chi connectivity index (χ4n) is 2.97. The van der Waals surface area contributed by atoms with Gasteiger partial charge in [0.05, 0.1) is 31.7 Å². The van der Waals surface area contributed by atoms with Gasteiger partial charge in [0.2, 0.25) is 0 Å². The Morgan fingerprint density at radius 2 is 1.85 bits per heavy atom. The quantitative estimate of drug-likeness (QED) is 0.691. The van der Waals surface area contributed by atoms with E-state index < -0.39 is 0 Å². The Morgan fingerprint density at radius 3 is 2.52 bits per heavy atom. The lowest BCUT2D eigenvalue weighted by atomic mass is 10.2. The second-order valence-corrected chi connectivity index (χ2v) is 6.17. The van der Waals surface area contributed by atoms with Crippen LogP contribution in [0.5, 0.6) is 11.5 Å². The molecular weight excluding hydrogens is 349 g/mol. The molecule has 0 unspecified atom stereocenters. The second-order valence-electron chi connectivity index (χ2n) is 6.17. The van der Waals surface area contributed by atoms with E-state index in [9.17, 15) is 9.18 Å². The molecule has 0 aliphatic rings. The lowest BCUT2D eigenvalue weighted by Gasteiger charge is -2.20. The molecule has 3 rings (SSSR count). The standard InChI is InChI=1S/C20H22FN3O3/c1-4-24(11-13-6-5-7-14(21)8-13)12-19-22-16-10-18(27-3)17(26-2)9-15(16)20(25)23-19/h5-10H,4,11-12H2,1-3H3,(H,22,23,25). The van der Waals surface area contributed by atoms with Crippen molar-refractivity contribution in [2.24, 2.45) is 0 Å². The van der Waals surface area contributed by atoms with Crippen molar-refractivity contribution >= 4 is 10.9 Å². The summed E-state index contributed by atoms with van der Waals surface area (Å²) in [5.74, 6) is 1.27. The normalized spacial score (nSPS) is 11.1. The number of benzene rings is 2. The highest BCUT2D eigenvalue weighted by molar-refractivity contribution is 5.81. The number of H-pyrrole nitrogens is 1. The van der Waals surface area contributed by atoms with E-state index in [1.54, 1.807) is 18.2 Å². The zero-order valence-electron chi connectivity index (χ0n) is 15.6. The molecule has 0 saturated heterocycles. The van der Waals surface area contributed by atoms with E-state index in [-0.39, 0.29) is 11.4 Å². The van der Waals surface area contributed by atoms with E-state index in [1.807, 2.05) is 13.0 Å². The molecule has 0 aliphatic carbocycles. The van der Waals surface area contributed by atoms with Gasteiger partial charge in [0.1, 0.15) is 11.6 Å². The van der Waals surface area contributed by atoms with Crippen LogP contribution in [0.25, 0.3) is 10.9 Å². The summed E-state index contributed by atoms with van der Waals surface area (Å²) in [4.78, 5) is 21.9. The average molecular weight is 371 g/mol. The van der Waals surface area contributed by atoms with E-state index in [0.29, 0.717) is 41.3 Å². The summed E-state index contributed by atoms with van der Waals surface area (Å²) in [6.07, 6.45) is 0. The predicted octanol–water partition coefficient (Wildman–Crippen LogP) is 3.10. The minimum absolute atomic E-state index is 0.238. The molecular formula is C20H22FN3O3. The highest BCUT2D eigenvalue weighted by Crippen LogP contribution is 2.29. The van der Waals surface area contributed by atoms with Crippen LogP contribution in [0.4, 0.5) is 4.39 Å². The molecule has 1 N–H and O–H groups in total. The molecule has 0 fully saturated rings. The number of aromatic amines is 1. The number of ether oxygens (including phenoxy) is 2. The first-order chi connectivity index (χ1) is 13.0. The van der Waals surface area contributed by atoms with Gasteiger partial charge in [0, 0.05) is 12.6 Å². The number of nitrogens with one attached hydrogen (secondary N) is 1. The molecule has 0 spiro atoms. The van der Waals surface area contributed by atoms with E-state index in [0.717, 1.165) is 12.1 Å². The minimum atomic E-state index is -0.262. The van der Waals surface area contributed by atoms with Crippen molar-refractivity contribution in [3.63, 3.8) is 0 Å². The largest absolute Gasteiger partial charge is 0.493 e. The van der Waals surface area contributed by atoms with Gasteiger partial charge in [-0.25, -0.2) is 9.37 Å². The van der Waals surface area contributed by atoms with Crippen molar-refractivity contribution in [3.8, 4) is 11.5 Å². The van der Waals surface area contributed by atoms with Crippen molar-refractivity contribution < 1.29 is 13.9 Å². The van der Waals surface area contributed by atoms with Crippen molar-refractivity contribution in [1.82, 2.24) is 14.9 Å². The van der Waals surface area contributed by atoms with Crippen molar-refractivity contribution in [2.45, 2.75) is 20.0 Å². The molecule has 0 bridgehead atoms. The van der Waals surface area contributed by atoms with Crippen LogP contribution in [-0.2, 0) is 13.1 Å². The topological polar surface area (TPSA) is 67.5 Å². The third-order valence-electron chi connectivity index (χ3n) is 4.38. The Morgan fingerprint density at radius 1 is 1.11 bits per heavy atom. The maximum absolute atomic E-state index is 13.4. The van der Waals surface area contributed by atoms with E-state index in [4.69, 9.17) is 9.47 Å². The zero-order valence-corrected chi connectivity index (χ0v) is 15.6. The molecule has 7 heteroatoms. The molecule has 0 saturated carbocycles. The van der Waals surface area contributed by atoms with Crippen molar-refractivity contribution in [3.05, 3.63) is 64.0 Å². The van der Waals surface area contributed by atoms with Crippen LogP contribution >= 0.6 is 0 Å². The first kappa shape index (κ1) is 18.8. The molecule has 27 heavy (non-hydrogen) atoms. The monoisotopic (exact) mass is 371 g/mol. The molecule has 1 heterocycles. The third-order valence-corrected chi connectivity index (χ3v) is 4.38. The predicted molar refractivity (Wildman–Crippen MR) is 102 cm³/mol. The minimum Gasteiger partial charge on any atom is -0.493 e. The van der Waals surface area contributed by atoms with Gasteiger partial charge in [-0.1, -0.05) is 19.1 Å². The molecule has 0 amide bonds. The van der Waals surface area contributed by atoms with Crippen LogP contribution < -0.4 is 15.0 Å². The van der Waals surface area contributed by atoms with Crippen molar-refractivity contribution in [2.75, 3.05) is 20.8 Å². The molecule has 2 aromatic carbocycles. The fraction of sp³-hybridized carbons (Fsp3) is 0.300. The molecule has 1 aromatic heterocycles. The summed E-state index contributed by atoms with van der Waals surface area (Å²) in [6.45, 7) is 3.73. The van der Waals surface area contributed by atoms with Crippen LogP contribution in [0, 0.1) is 5.82 Å². The smallest absolute Gasteiger partial charge is 0.258 e. The van der Waals surface area contributed by atoms with Gasteiger partial charge in [0.15, 0.2) is 11.5 Å². The zero-order chi connectivity index (χ0) is 19.4. The molecule has 3 aromatic rings. The molecule has 6 nitrogen and oxygen atoms in total. The third kappa shape index (κ3) is 4.25. The SMILES string of the molecule is CCN(Cc1cccc(F)c1)Cc1nc2cc(OC)c(OC)cc2c(=O)[nH]1. The number of methoxy groups -OCH3 is 2. The Bertz CT molecular complexity index is 1000. The average Bonchev–Trinajstić information content (AvgIpc) is 2.66. The Labute approximate surface area is 156 Å². The van der Waals surface area contributed by atoms with Gasteiger partial charge in [-0.3, -0.25) is 9.69 Å². The van der Waals surface area contributed by atoms with Gasteiger partial charge in [-0.05, 0) is 30.3 Å². The van der Waals surface area contributed by atoms with Gasteiger partial charge in [-0.2, -0.15) is 0 Å². The first-order valence-electron chi connectivity index (χ1n) is 8.65. The Hall–Kier alpha value is -2.93. The summed E-state index contributed by atoms with van der Waals surface area (Å²) >= 11 is 0. The lowest BCUT2D eigenvalue weighted by Crippen LogP contribution is -2.25. The number of hydrogen-bond donors (Lipinski definition) is 1. The van der Waals surface area contributed by atoms with Crippen LogP contribution in [0.2, 0.25) is 0 Å². The van der Waals surface area contributed by atoms with Crippen molar-refractivity contribution in [1.29, 1.82) is 0 Å². The van der Waals surface area contributed by atoms with E-state index in [2.05, 4.69) is 14.9 Å². The van der Waals surface area contributed by atoms with Gasteiger partial charge in [0.25, 0.3) is 5.56 Å². The molecule has 142 valence electrons. The second kappa shape index (κ2) is 8.18. The summed E-state index contributed by atoms with van der Waals surface area (Å²) in [5, 5.41) is 0.435. The summed E-state index contributed by atoms with van der Waals surface area (Å²) < 4.78 is 23.9. The number of fused-ring (bicyclic) bond motifs is 1. The molecule has 0 aliphatic heterocycles. The van der Waals surface area contributed by atoms with Gasteiger partial charge >= 0.3 is 0 Å². The van der Waals surface area contributed by atoms with Crippen LogP contribution in [0.3, 0.4) is 0 Å². The number of halogens is 1. The molecule has 0 radical (unpaired) electrons. The number of hydrogen-bond acceptors (Lipinski definition) is 5. The van der Waals surface area contributed by atoms with Crippen LogP contribution in [0.1, 0.15) is 18.3 Å². The van der Waals surface area contributed by atoms with Gasteiger partial charge < -0.3 is 14.5 Å². The number of nitrogens with zero attached hydrogens (tertiary/aromatic N) is 2. The highest BCUT2D eigenvalue weighted by Gasteiger charge is 2.13. The Kier molecular flexibility index (Phi) is 5.71. The summed E-state index contributed by atoms with van der Waals surface area (Å²) in [5.41, 5.74) is 1.16. The first-order valence-corrected chi connectivity index (χ1v) is 8.65. The van der Waals surface area contributed by atoms with E-state index in [1.165, 1.54) is 26.4 Å². The van der Waals surface area contributed by atoms with E-state index >= 15 is 0 Å². The maximum Gasteiger partial charge on any atom is 0.258 e. The van der Waals surface area contributed by atoms with Crippen LogP contribution in [-0.4, -0.2) is 35.6 Å². The van der Waals surface area contributed by atoms with Crippen LogP contribution in [0.15, 0.2) is 41.2 Å². The Balaban J connectivity index is 1.90. The fourth-order valence-corrected chi connectivity index (χ4v) is 2.97. The summed E-state index contributed by atoms with van der Waals surface area (Å²) in [6, 6.07) is 9.80. The maximum atomic E-state index is 13.4. The summed E-state index contributed by atoms with van der Waals surface area (Å²) in [7, 11) is 3.06. The molecule has 0 atom stereocenters. The number of rotatable bonds is 7. The lowest BCUT2D eigenvalue weighted by molar-refractivity contribution is 0.264. The highest BCUT2D eigenvalue weighted by atomic mass is 19.1.